The van der Waals surface area contributed by atoms with Crippen LogP contribution in [0.5, 0.6) is 0 Å². The number of carbonyl (C=O) groups excluding carboxylic acids is 1. The molecule has 1 aliphatic heterocycles. The van der Waals surface area contributed by atoms with Crippen molar-refractivity contribution in [1.29, 1.82) is 0 Å². The number of aromatic nitrogens is 4. The normalized spacial score (nSPS) is 25.1. The van der Waals surface area contributed by atoms with Crippen LogP contribution in [0, 0.1) is 5.92 Å². The Morgan fingerprint density at radius 1 is 1.43 bits per heavy atom. The fraction of sp³-hybridized carbons (Fsp3) is 0.556. The van der Waals surface area contributed by atoms with E-state index >= 15 is 0 Å². The number of hydrogen-bond donors (Lipinski definition) is 3. The summed E-state index contributed by atoms with van der Waals surface area (Å²) in [6.07, 6.45) is 0.762. The maximum atomic E-state index is 12.3. The molecule has 1 fully saturated rings. The second-order valence-corrected chi connectivity index (χ2v) is 7.84. The van der Waals surface area contributed by atoms with E-state index in [2.05, 4.69) is 39.6 Å². The average molecular weight is 408 g/mol. The van der Waals surface area contributed by atoms with Crippen LogP contribution in [0.15, 0.2) is 24.3 Å². The number of likely N-dealkylation sites (N-methyl/N-ethyl adjacent to an activating group) is 1. The van der Waals surface area contributed by atoms with Crippen LogP contribution in [-0.4, -0.2) is 61.4 Å². The zero-order valence-corrected chi connectivity index (χ0v) is 16.8. The Hall–Kier alpha value is -2.23. The SMILES string of the molecule is CCN1[C@@H](c2ccc(Cl)cc2)[C@@H](CNC(=O)Cn2nnnc2N)C[C@@]1(C)CO. The van der Waals surface area contributed by atoms with Crippen molar-refractivity contribution in [3.8, 4) is 0 Å². The second kappa shape index (κ2) is 8.42. The van der Waals surface area contributed by atoms with Gasteiger partial charge in [0, 0.05) is 23.1 Å². The molecular formula is C18H26ClN7O2. The average Bonchev–Trinajstić information content (AvgIpc) is 3.21. The van der Waals surface area contributed by atoms with E-state index in [0.717, 1.165) is 18.5 Å². The van der Waals surface area contributed by atoms with Crippen molar-refractivity contribution in [1.82, 2.24) is 30.4 Å². The molecule has 9 nitrogen and oxygen atoms in total. The van der Waals surface area contributed by atoms with E-state index in [9.17, 15) is 9.90 Å². The molecular weight excluding hydrogens is 382 g/mol. The Bertz CT molecular complexity index is 813. The van der Waals surface area contributed by atoms with Gasteiger partial charge in [0.1, 0.15) is 6.54 Å². The number of tetrazole rings is 1. The van der Waals surface area contributed by atoms with Crippen LogP contribution in [0.1, 0.15) is 31.9 Å². The second-order valence-electron chi connectivity index (χ2n) is 7.40. The summed E-state index contributed by atoms with van der Waals surface area (Å²) in [6.45, 7) is 5.42. The highest BCUT2D eigenvalue weighted by Gasteiger charge is 2.48. The summed E-state index contributed by atoms with van der Waals surface area (Å²) in [4.78, 5) is 14.6. The predicted octanol–water partition coefficient (Wildman–Crippen LogP) is 0.859. The number of nitrogens with one attached hydrogen (secondary N) is 1. The number of aliphatic hydroxyl groups is 1. The third kappa shape index (κ3) is 4.11. The van der Waals surface area contributed by atoms with Gasteiger partial charge in [-0.15, -0.1) is 0 Å². The molecule has 2 aromatic rings. The zero-order valence-electron chi connectivity index (χ0n) is 16.0. The lowest BCUT2D eigenvalue weighted by Crippen LogP contribution is -2.45. The Morgan fingerprint density at radius 2 is 2.14 bits per heavy atom. The summed E-state index contributed by atoms with van der Waals surface area (Å²) >= 11 is 6.05. The van der Waals surface area contributed by atoms with E-state index in [-0.39, 0.29) is 42.5 Å². The van der Waals surface area contributed by atoms with E-state index in [0.29, 0.717) is 11.6 Å². The van der Waals surface area contributed by atoms with E-state index in [1.54, 1.807) is 0 Å². The van der Waals surface area contributed by atoms with Crippen molar-refractivity contribution in [3.63, 3.8) is 0 Å². The molecule has 1 aromatic heterocycles. The first kappa shape index (κ1) is 20.5. The summed E-state index contributed by atoms with van der Waals surface area (Å²) < 4.78 is 1.25. The Morgan fingerprint density at radius 3 is 2.71 bits per heavy atom. The number of anilines is 1. The van der Waals surface area contributed by atoms with E-state index in [1.165, 1.54) is 4.68 Å². The van der Waals surface area contributed by atoms with Crippen molar-refractivity contribution in [3.05, 3.63) is 34.9 Å². The van der Waals surface area contributed by atoms with Crippen LogP contribution < -0.4 is 11.1 Å². The van der Waals surface area contributed by atoms with Crippen LogP contribution in [0.4, 0.5) is 5.95 Å². The molecule has 28 heavy (non-hydrogen) atoms. The highest BCUT2D eigenvalue weighted by molar-refractivity contribution is 6.30. The molecule has 1 aliphatic rings. The number of carbonyl (C=O) groups is 1. The standard InChI is InChI=1S/C18H26ClN7O2/c1-3-25-16(12-4-6-14(19)7-5-12)13(8-18(25,2)11-27)9-21-15(28)10-26-17(20)22-23-24-26/h4-7,13,16,27H,3,8-11H2,1-2H3,(H,21,28)(H2,20,22,24)/t13-,16+,18+/m1/s1. The monoisotopic (exact) mass is 407 g/mol. The molecule has 1 aromatic carbocycles. The molecule has 4 N–H and O–H groups in total. The number of nitrogens with zero attached hydrogens (tertiary/aromatic N) is 5. The van der Waals surface area contributed by atoms with Gasteiger partial charge in [-0.1, -0.05) is 35.8 Å². The van der Waals surface area contributed by atoms with Gasteiger partial charge in [-0.2, -0.15) is 0 Å². The molecule has 3 rings (SSSR count). The first-order valence-corrected chi connectivity index (χ1v) is 9.67. The van der Waals surface area contributed by atoms with Gasteiger partial charge in [-0.25, -0.2) is 4.68 Å². The minimum Gasteiger partial charge on any atom is -0.394 e. The Kier molecular flexibility index (Phi) is 6.17. The number of rotatable bonds is 7. The van der Waals surface area contributed by atoms with Crippen molar-refractivity contribution < 1.29 is 9.90 Å². The lowest BCUT2D eigenvalue weighted by atomic mass is 9.90. The van der Waals surface area contributed by atoms with Gasteiger partial charge < -0.3 is 16.2 Å². The zero-order chi connectivity index (χ0) is 20.3. The number of amides is 1. The van der Waals surface area contributed by atoms with Crippen molar-refractivity contribution in [2.45, 2.75) is 38.4 Å². The molecule has 3 atom stereocenters. The lowest BCUT2D eigenvalue weighted by molar-refractivity contribution is -0.122. The number of hydrogen-bond acceptors (Lipinski definition) is 7. The molecule has 0 spiro atoms. The van der Waals surface area contributed by atoms with Gasteiger partial charge in [-0.05, 0) is 53.9 Å². The van der Waals surface area contributed by atoms with E-state index in [4.69, 9.17) is 17.3 Å². The maximum Gasteiger partial charge on any atom is 0.241 e. The summed E-state index contributed by atoms with van der Waals surface area (Å²) in [5.74, 6) is 0.0167. The van der Waals surface area contributed by atoms with Crippen molar-refractivity contribution in [2.24, 2.45) is 5.92 Å². The summed E-state index contributed by atoms with van der Waals surface area (Å²) in [5, 5.41) is 24.4. The number of nitrogen functional groups attached to an aromatic ring is 1. The predicted molar refractivity (Wildman–Crippen MR) is 105 cm³/mol. The van der Waals surface area contributed by atoms with Gasteiger partial charge >= 0.3 is 0 Å². The minimum atomic E-state index is -0.352. The number of nitrogens with two attached hydrogens (primary N) is 1. The van der Waals surface area contributed by atoms with Crippen molar-refractivity contribution in [2.75, 3.05) is 25.4 Å². The summed E-state index contributed by atoms with van der Waals surface area (Å²) in [5.41, 5.74) is 6.37. The van der Waals surface area contributed by atoms with Crippen LogP contribution in [0.2, 0.25) is 5.02 Å². The third-order valence-electron chi connectivity index (χ3n) is 5.48. The van der Waals surface area contributed by atoms with Gasteiger partial charge in [0.05, 0.1) is 6.61 Å². The molecule has 152 valence electrons. The molecule has 0 saturated carbocycles. The van der Waals surface area contributed by atoms with Crippen LogP contribution >= 0.6 is 11.6 Å². The van der Waals surface area contributed by atoms with Crippen LogP contribution in [-0.2, 0) is 11.3 Å². The van der Waals surface area contributed by atoms with E-state index in [1.807, 2.05) is 24.3 Å². The van der Waals surface area contributed by atoms with Crippen LogP contribution in [0.3, 0.4) is 0 Å². The van der Waals surface area contributed by atoms with Gasteiger partial charge in [0.2, 0.25) is 11.9 Å². The lowest BCUT2D eigenvalue weighted by Gasteiger charge is -2.37. The number of likely N-dealkylation sites (tertiary alicyclic amines) is 1. The quantitative estimate of drug-likeness (QED) is 0.622. The third-order valence-corrected chi connectivity index (χ3v) is 5.74. The Balaban J connectivity index is 1.75. The molecule has 2 heterocycles. The summed E-state index contributed by atoms with van der Waals surface area (Å²) in [6, 6.07) is 7.83. The molecule has 0 radical (unpaired) electrons. The van der Waals surface area contributed by atoms with Crippen LogP contribution in [0.25, 0.3) is 0 Å². The molecule has 1 saturated heterocycles. The highest BCUT2D eigenvalue weighted by Crippen LogP contribution is 2.46. The first-order chi connectivity index (χ1) is 13.4. The van der Waals surface area contributed by atoms with Gasteiger partial charge in [0.15, 0.2) is 0 Å². The first-order valence-electron chi connectivity index (χ1n) is 9.29. The van der Waals surface area contributed by atoms with Gasteiger partial charge in [0.25, 0.3) is 0 Å². The van der Waals surface area contributed by atoms with E-state index < -0.39 is 0 Å². The summed E-state index contributed by atoms with van der Waals surface area (Å²) in [7, 11) is 0. The number of benzene rings is 1. The molecule has 0 unspecified atom stereocenters. The molecule has 0 bridgehead atoms. The topological polar surface area (TPSA) is 122 Å². The number of halogens is 1. The fourth-order valence-corrected chi connectivity index (χ4v) is 4.30. The fourth-order valence-electron chi connectivity index (χ4n) is 4.17. The number of aliphatic hydroxyl groups excluding tert-OH is 1. The smallest absolute Gasteiger partial charge is 0.241 e. The van der Waals surface area contributed by atoms with Crippen molar-refractivity contribution >= 4 is 23.5 Å². The minimum absolute atomic E-state index is 0.0358. The van der Waals surface area contributed by atoms with Gasteiger partial charge in [-0.3, -0.25) is 9.69 Å². The maximum absolute atomic E-state index is 12.3. The molecule has 1 amide bonds. The molecule has 0 aliphatic carbocycles. The Labute approximate surface area is 168 Å². The largest absolute Gasteiger partial charge is 0.394 e. The molecule has 10 heteroatoms. The highest BCUT2D eigenvalue weighted by atomic mass is 35.5.